The molecule has 0 atom stereocenters. The predicted molar refractivity (Wildman–Crippen MR) is 66.0 cm³/mol. The fourth-order valence-corrected chi connectivity index (χ4v) is 1.43. The monoisotopic (exact) mass is 237 g/mol. The second-order valence-corrected chi connectivity index (χ2v) is 3.98. The normalized spacial score (nSPS) is 11.1. The maximum Gasteiger partial charge on any atom is 0.205 e. The van der Waals surface area contributed by atoms with Crippen molar-refractivity contribution in [3.05, 3.63) is 30.0 Å². The molecule has 0 fully saturated rings. The van der Waals surface area contributed by atoms with Gasteiger partial charge in [-0.1, -0.05) is 0 Å². The lowest BCUT2D eigenvalue weighted by atomic mass is 10.3. The third-order valence-corrected chi connectivity index (χ3v) is 2.35. The summed E-state index contributed by atoms with van der Waals surface area (Å²) in [4.78, 5) is 17.9. The number of ketones is 1. The minimum atomic E-state index is -0.0459. The Morgan fingerprint density at radius 3 is 2.88 bits per heavy atom. The molecule has 5 nitrogen and oxygen atoms in total. The van der Waals surface area contributed by atoms with Gasteiger partial charge in [-0.05, 0) is 6.92 Å². The Balaban J connectivity index is 2.86. The summed E-state index contributed by atoms with van der Waals surface area (Å²) in [5.74, 6) is 0.777. The van der Waals surface area contributed by atoms with Crippen LogP contribution in [0.5, 0.6) is 0 Å². The molecular weight excluding hydrogens is 218 g/mol. The molecule has 0 aliphatic rings. The summed E-state index contributed by atoms with van der Waals surface area (Å²) in [5.41, 5.74) is 0.595. The lowest BCUT2D eigenvalue weighted by Crippen LogP contribution is -2.13. The standard InChI is InChI=1S/C12H19N3O2/c1-10-13-9-11(15(10)7-8-17-4)12(16)5-6-14(2)3/h5-6,9H,7-8H2,1-4H3/b6-5+. The molecule has 0 amide bonds. The lowest BCUT2D eigenvalue weighted by Gasteiger charge is -2.08. The van der Waals surface area contributed by atoms with Gasteiger partial charge in [-0.25, -0.2) is 4.98 Å². The van der Waals surface area contributed by atoms with E-state index in [9.17, 15) is 4.79 Å². The van der Waals surface area contributed by atoms with Gasteiger partial charge in [0.25, 0.3) is 0 Å². The fourth-order valence-electron chi connectivity index (χ4n) is 1.43. The molecule has 0 saturated heterocycles. The first kappa shape index (κ1) is 13.4. The molecule has 0 aliphatic carbocycles. The summed E-state index contributed by atoms with van der Waals surface area (Å²) in [5, 5.41) is 0. The van der Waals surface area contributed by atoms with Crippen LogP contribution in [-0.4, -0.2) is 48.0 Å². The molecular formula is C12H19N3O2. The molecule has 0 saturated carbocycles. The molecule has 0 bridgehead atoms. The van der Waals surface area contributed by atoms with Gasteiger partial charge < -0.3 is 14.2 Å². The average Bonchev–Trinajstić information content (AvgIpc) is 2.65. The van der Waals surface area contributed by atoms with Gasteiger partial charge in [-0.2, -0.15) is 0 Å². The zero-order valence-electron chi connectivity index (χ0n) is 10.8. The quantitative estimate of drug-likeness (QED) is 0.549. The Morgan fingerprint density at radius 1 is 1.59 bits per heavy atom. The summed E-state index contributed by atoms with van der Waals surface area (Å²) in [7, 11) is 5.38. The number of imidazole rings is 1. The number of methoxy groups -OCH3 is 1. The van der Waals surface area contributed by atoms with E-state index in [4.69, 9.17) is 4.74 Å². The van der Waals surface area contributed by atoms with Crippen molar-refractivity contribution in [2.75, 3.05) is 27.8 Å². The van der Waals surface area contributed by atoms with Crippen molar-refractivity contribution in [2.45, 2.75) is 13.5 Å². The summed E-state index contributed by atoms with van der Waals surface area (Å²) in [6, 6.07) is 0. The Hall–Kier alpha value is -1.62. The molecule has 0 aromatic carbocycles. The fraction of sp³-hybridized carbons (Fsp3) is 0.500. The van der Waals surface area contributed by atoms with E-state index in [0.717, 1.165) is 5.82 Å². The summed E-state index contributed by atoms with van der Waals surface area (Å²) in [6.45, 7) is 3.08. The Labute approximate surface area is 102 Å². The third kappa shape index (κ3) is 3.71. The molecule has 1 aromatic rings. The van der Waals surface area contributed by atoms with E-state index in [1.165, 1.54) is 0 Å². The first-order valence-electron chi connectivity index (χ1n) is 5.46. The highest BCUT2D eigenvalue weighted by Gasteiger charge is 2.11. The number of rotatable bonds is 6. The summed E-state index contributed by atoms with van der Waals surface area (Å²) in [6.07, 6.45) is 4.87. The SMILES string of the molecule is COCCn1c(C(=O)/C=C/N(C)C)cnc1C. The molecule has 1 rings (SSSR count). The molecule has 94 valence electrons. The zero-order valence-corrected chi connectivity index (χ0v) is 10.8. The Kier molecular flexibility index (Phi) is 4.90. The number of aryl methyl sites for hydroxylation is 1. The smallest absolute Gasteiger partial charge is 0.205 e. The van der Waals surface area contributed by atoms with Crippen LogP contribution in [0, 0.1) is 6.92 Å². The van der Waals surface area contributed by atoms with Crippen molar-refractivity contribution in [3.63, 3.8) is 0 Å². The van der Waals surface area contributed by atoms with Gasteiger partial charge in [0.2, 0.25) is 5.78 Å². The first-order chi connectivity index (χ1) is 8.06. The highest BCUT2D eigenvalue weighted by molar-refractivity contribution is 6.03. The number of carbonyl (C=O) groups excluding carboxylic acids is 1. The van der Waals surface area contributed by atoms with Gasteiger partial charge in [0, 0.05) is 40.0 Å². The van der Waals surface area contributed by atoms with Crippen LogP contribution >= 0.6 is 0 Å². The largest absolute Gasteiger partial charge is 0.383 e. The van der Waals surface area contributed by atoms with Crippen LogP contribution in [0.1, 0.15) is 16.3 Å². The molecule has 0 aliphatic heterocycles. The van der Waals surface area contributed by atoms with Crippen molar-refractivity contribution in [1.82, 2.24) is 14.5 Å². The predicted octanol–water partition coefficient (Wildman–Crippen LogP) is 1.10. The van der Waals surface area contributed by atoms with Gasteiger partial charge in [0.15, 0.2) is 0 Å². The van der Waals surface area contributed by atoms with E-state index < -0.39 is 0 Å². The van der Waals surface area contributed by atoms with E-state index in [1.54, 1.807) is 25.6 Å². The van der Waals surface area contributed by atoms with Gasteiger partial charge >= 0.3 is 0 Å². The molecule has 5 heteroatoms. The van der Waals surface area contributed by atoms with Crippen molar-refractivity contribution >= 4 is 5.78 Å². The number of allylic oxidation sites excluding steroid dienone is 1. The van der Waals surface area contributed by atoms with Gasteiger partial charge in [-0.15, -0.1) is 0 Å². The number of aromatic nitrogens is 2. The number of carbonyl (C=O) groups is 1. The van der Waals surface area contributed by atoms with Crippen LogP contribution in [0.15, 0.2) is 18.5 Å². The molecule has 0 N–H and O–H groups in total. The van der Waals surface area contributed by atoms with Crippen LogP contribution in [0.3, 0.4) is 0 Å². The molecule has 1 aromatic heterocycles. The van der Waals surface area contributed by atoms with E-state index >= 15 is 0 Å². The zero-order chi connectivity index (χ0) is 12.8. The second-order valence-electron chi connectivity index (χ2n) is 3.98. The summed E-state index contributed by atoms with van der Waals surface area (Å²) >= 11 is 0. The van der Waals surface area contributed by atoms with Gasteiger partial charge in [-0.3, -0.25) is 4.79 Å². The topological polar surface area (TPSA) is 47.4 Å². The number of hydrogen-bond acceptors (Lipinski definition) is 4. The van der Waals surface area contributed by atoms with Crippen LogP contribution in [-0.2, 0) is 11.3 Å². The van der Waals surface area contributed by atoms with Crippen molar-refractivity contribution in [3.8, 4) is 0 Å². The Morgan fingerprint density at radius 2 is 2.29 bits per heavy atom. The first-order valence-corrected chi connectivity index (χ1v) is 5.46. The molecule has 1 heterocycles. The second kappa shape index (κ2) is 6.20. The van der Waals surface area contributed by atoms with Crippen molar-refractivity contribution in [2.24, 2.45) is 0 Å². The highest BCUT2D eigenvalue weighted by Crippen LogP contribution is 2.06. The van der Waals surface area contributed by atoms with Gasteiger partial charge in [0.05, 0.1) is 12.8 Å². The minimum Gasteiger partial charge on any atom is -0.383 e. The number of ether oxygens (including phenoxy) is 1. The van der Waals surface area contributed by atoms with Crippen LogP contribution in [0.4, 0.5) is 0 Å². The third-order valence-electron chi connectivity index (χ3n) is 2.35. The average molecular weight is 237 g/mol. The van der Waals surface area contributed by atoms with Crippen LogP contribution in [0.2, 0.25) is 0 Å². The molecule has 0 radical (unpaired) electrons. The van der Waals surface area contributed by atoms with Crippen LogP contribution in [0.25, 0.3) is 0 Å². The maximum atomic E-state index is 11.9. The maximum absolute atomic E-state index is 11.9. The van der Waals surface area contributed by atoms with E-state index in [1.807, 2.05) is 30.5 Å². The number of hydrogen-bond donors (Lipinski definition) is 0. The molecule has 17 heavy (non-hydrogen) atoms. The minimum absolute atomic E-state index is 0.0459. The highest BCUT2D eigenvalue weighted by atomic mass is 16.5. The van der Waals surface area contributed by atoms with Crippen LogP contribution < -0.4 is 0 Å². The summed E-state index contributed by atoms with van der Waals surface area (Å²) < 4.78 is 6.88. The Bertz CT molecular complexity index is 408. The molecule has 0 unspecified atom stereocenters. The van der Waals surface area contributed by atoms with Gasteiger partial charge in [0.1, 0.15) is 11.5 Å². The van der Waals surface area contributed by atoms with Crippen molar-refractivity contribution in [1.29, 1.82) is 0 Å². The van der Waals surface area contributed by atoms with E-state index in [-0.39, 0.29) is 5.78 Å². The molecule has 0 spiro atoms. The number of nitrogens with zero attached hydrogens (tertiary/aromatic N) is 3. The van der Waals surface area contributed by atoms with Crippen molar-refractivity contribution < 1.29 is 9.53 Å². The van der Waals surface area contributed by atoms with E-state index in [0.29, 0.717) is 18.8 Å². The lowest BCUT2D eigenvalue weighted by molar-refractivity contribution is 0.103. The van der Waals surface area contributed by atoms with E-state index in [2.05, 4.69) is 4.98 Å².